The summed E-state index contributed by atoms with van der Waals surface area (Å²) in [5.41, 5.74) is 0.724. The number of carboxylic acid groups (broad SMARTS) is 1. The molecule has 0 radical (unpaired) electrons. The molecule has 3 rings (SSSR count). The minimum Gasteiger partial charge on any atom is -0.476 e. The van der Waals surface area contributed by atoms with E-state index in [2.05, 4.69) is 5.32 Å². The van der Waals surface area contributed by atoms with Crippen LogP contribution in [-0.2, 0) is 14.3 Å². The van der Waals surface area contributed by atoms with Crippen LogP contribution in [0.3, 0.4) is 0 Å². The van der Waals surface area contributed by atoms with Crippen molar-refractivity contribution in [1.29, 1.82) is 0 Å². The van der Waals surface area contributed by atoms with Gasteiger partial charge in [0.2, 0.25) is 0 Å². The van der Waals surface area contributed by atoms with E-state index in [0.29, 0.717) is 11.3 Å². The van der Waals surface area contributed by atoms with Crippen LogP contribution in [0, 0.1) is 0 Å². The Morgan fingerprint density at radius 1 is 1.07 bits per heavy atom. The van der Waals surface area contributed by atoms with Crippen molar-refractivity contribution in [2.45, 2.75) is 11.8 Å². The summed E-state index contributed by atoms with van der Waals surface area (Å²) >= 11 is 1.18. The van der Waals surface area contributed by atoms with Crippen LogP contribution in [0.1, 0.15) is 17.3 Å². The lowest BCUT2D eigenvalue weighted by Gasteiger charge is -2.21. The van der Waals surface area contributed by atoms with Crippen LogP contribution in [0.15, 0.2) is 70.2 Å². The summed E-state index contributed by atoms with van der Waals surface area (Å²) in [7, 11) is 0. The van der Waals surface area contributed by atoms with E-state index in [1.807, 2.05) is 12.1 Å². The molecule has 0 aromatic heterocycles. The van der Waals surface area contributed by atoms with Gasteiger partial charge in [-0.1, -0.05) is 42.1 Å². The quantitative estimate of drug-likeness (QED) is 0.571. The standard InChI is InChI=1S/C20H18N2O5S/c1-2-27-16(23)12-22-14-10-6-7-11-15(14)28-19(22)17(20(25)26)21-18(24)13-8-4-3-5-9-13/h3-11H,2,12H2,1H3,(H,21,24)(H,25,26). The predicted octanol–water partition coefficient (Wildman–Crippen LogP) is 2.85. The van der Waals surface area contributed by atoms with Crippen LogP contribution in [-0.4, -0.2) is 36.1 Å². The van der Waals surface area contributed by atoms with Crippen LogP contribution in [0.25, 0.3) is 0 Å². The van der Waals surface area contributed by atoms with Gasteiger partial charge in [-0.3, -0.25) is 9.59 Å². The molecule has 1 heterocycles. The van der Waals surface area contributed by atoms with Gasteiger partial charge in [-0.15, -0.1) is 0 Å². The third-order valence-electron chi connectivity index (χ3n) is 3.90. The van der Waals surface area contributed by atoms with Crippen molar-refractivity contribution < 1.29 is 24.2 Å². The lowest BCUT2D eigenvalue weighted by Crippen LogP contribution is -2.34. The highest BCUT2D eigenvalue weighted by Gasteiger charge is 2.32. The molecule has 0 unspecified atom stereocenters. The zero-order valence-corrected chi connectivity index (χ0v) is 15.9. The van der Waals surface area contributed by atoms with Crippen molar-refractivity contribution in [3.63, 3.8) is 0 Å². The van der Waals surface area contributed by atoms with E-state index in [4.69, 9.17) is 4.74 Å². The Hall–Kier alpha value is -3.26. The van der Waals surface area contributed by atoms with Crippen molar-refractivity contribution in [3.8, 4) is 0 Å². The van der Waals surface area contributed by atoms with E-state index < -0.39 is 17.8 Å². The van der Waals surface area contributed by atoms with Crippen LogP contribution in [0.2, 0.25) is 0 Å². The molecule has 8 heteroatoms. The molecule has 0 aliphatic carbocycles. The lowest BCUT2D eigenvalue weighted by atomic mass is 10.2. The number of nitrogens with one attached hydrogen (secondary N) is 1. The van der Waals surface area contributed by atoms with E-state index in [0.717, 1.165) is 4.90 Å². The van der Waals surface area contributed by atoms with Gasteiger partial charge >= 0.3 is 11.9 Å². The third kappa shape index (κ3) is 4.17. The fourth-order valence-corrected chi connectivity index (χ4v) is 3.84. The Morgan fingerprint density at radius 3 is 2.43 bits per heavy atom. The molecule has 0 atom stereocenters. The van der Waals surface area contributed by atoms with Crippen LogP contribution in [0.5, 0.6) is 0 Å². The number of carbonyl (C=O) groups excluding carboxylic acids is 2. The molecule has 0 bridgehead atoms. The van der Waals surface area contributed by atoms with Crippen molar-refractivity contribution >= 4 is 35.3 Å². The Bertz CT molecular complexity index is 943. The van der Waals surface area contributed by atoms with E-state index in [-0.39, 0.29) is 23.9 Å². The summed E-state index contributed by atoms with van der Waals surface area (Å²) in [5.74, 6) is -2.33. The fraction of sp³-hybridized carbons (Fsp3) is 0.150. The smallest absolute Gasteiger partial charge is 0.355 e. The second kappa shape index (κ2) is 8.62. The minimum absolute atomic E-state index is 0.162. The first kappa shape index (κ1) is 19.5. The summed E-state index contributed by atoms with van der Waals surface area (Å²) in [6, 6.07) is 15.5. The van der Waals surface area contributed by atoms with Gasteiger partial charge < -0.3 is 20.1 Å². The topological polar surface area (TPSA) is 95.9 Å². The summed E-state index contributed by atoms with van der Waals surface area (Å²) in [6.07, 6.45) is 0. The number of aliphatic carboxylic acids is 1. The molecule has 2 aromatic rings. The van der Waals surface area contributed by atoms with E-state index >= 15 is 0 Å². The number of carbonyl (C=O) groups is 3. The number of carboxylic acids is 1. The van der Waals surface area contributed by atoms with Gasteiger partial charge in [-0.25, -0.2) is 4.79 Å². The highest BCUT2D eigenvalue weighted by molar-refractivity contribution is 8.03. The second-order valence-corrected chi connectivity index (χ2v) is 6.80. The number of nitrogens with zero attached hydrogens (tertiary/aromatic N) is 1. The average molecular weight is 398 g/mol. The lowest BCUT2D eigenvalue weighted by molar-refractivity contribution is -0.141. The number of fused-ring (bicyclic) bond motifs is 1. The maximum Gasteiger partial charge on any atom is 0.355 e. The number of ether oxygens (including phenoxy) is 1. The minimum atomic E-state index is -1.30. The second-order valence-electron chi connectivity index (χ2n) is 5.77. The third-order valence-corrected chi connectivity index (χ3v) is 5.09. The summed E-state index contributed by atoms with van der Waals surface area (Å²) in [6.45, 7) is 1.76. The van der Waals surface area contributed by atoms with Gasteiger partial charge in [-0.2, -0.15) is 0 Å². The number of hydrogen-bond donors (Lipinski definition) is 2. The number of esters is 1. The number of hydrogen-bond acceptors (Lipinski definition) is 6. The normalized spacial score (nSPS) is 14.2. The zero-order chi connectivity index (χ0) is 20.1. The summed E-state index contributed by atoms with van der Waals surface area (Å²) < 4.78 is 5.01. The van der Waals surface area contributed by atoms with E-state index in [1.54, 1.807) is 54.3 Å². The first-order chi connectivity index (χ1) is 13.5. The number of rotatable bonds is 6. The zero-order valence-electron chi connectivity index (χ0n) is 15.0. The molecule has 28 heavy (non-hydrogen) atoms. The highest BCUT2D eigenvalue weighted by atomic mass is 32.2. The molecule has 7 nitrogen and oxygen atoms in total. The largest absolute Gasteiger partial charge is 0.476 e. The van der Waals surface area contributed by atoms with Crippen LogP contribution >= 0.6 is 11.8 Å². The number of benzene rings is 2. The predicted molar refractivity (Wildman–Crippen MR) is 105 cm³/mol. The van der Waals surface area contributed by atoms with Crippen LogP contribution < -0.4 is 10.2 Å². The first-order valence-corrected chi connectivity index (χ1v) is 9.37. The summed E-state index contributed by atoms with van der Waals surface area (Å²) in [5, 5.41) is 12.5. The molecule has 2 aromatic carbocycles. The molecule has 0 saturated heterocycles. The average Bonchev–Trinajstić information content (AvgIpc) is 3.04. The van der Waals surface area contributed by atoms with Gasteiger partial charge in [0.05, 0.1) is 12.3 Å². The van der Waals surface area contributed by atoms with Crippen molar-refractivity contribution in [2.75, 3.05) is 18.1 Å². The fourth-order valence-electron chi connectivity index (χ4n) is 2.69. The number of para-hydroxylation sites is 1. The number of amides is 1. The first-order valence-electron chi connectivity index (χ1n) is 8.55. The molecule has 0 fully saturated rings. The van der Waals surface area contributed by atoms with Gasteiger partial charge in [0.25, 0.3) is 5.91 Å². The molecule has 1 amide bonds. The number of thioether (sulfide) groups is 1. The van der Waals surface area contributed by atoms with E-state index in [1.165, 1.54) is 11.8 Å². The molecule has 0 saturated carbocycles. The SMILES string of the molecule is CCOC(=O)CN1C(=C(NC(=O)c2ccccc2)C(=O)O)Sc2ccccc21. The van der Waals surface area contributed by atoms with Gasteiger partial charge in [0.1, 0.15) is 11.6 Å². The molecule has 144 valence electrons. The van der Waals surface area contributed by atoms with Gasteiger partial charge in [0.15, 0.2) is 5.70 Å². The Balaban J connectivity index is 1.99. The van der Waals surface area contributed by atoms with Gasteiger partial charge in [-0.05, 0) is 31.2 Å². The Morgan fingerprint density at radius 2 is 1.75 bits per heavy atom. The van der Waals surface area contributed by atoms with Crippen molar-refractivity contribution in [3.05, 3.63) is 70.9 Å². The molecule has 2 N–H and O–H groups in total. The van der Waals surface area contributed by atoms with Gasteiger partial charge in [0, 0.05) is 10.5 Å². The summed E-state index contributed by atoms with van der Waals surface area (Å²) in [4.78, 5) is 38.8. The molecular formula is C20H18N2O5S. The molecule has 1 aliphatic heterocycles. The van der Waals surface area contributed by atoms with E-state index in [9.17, 15) is 19.5 Å². The van der Waals surface area contributed by atoms with Crippen LogP contribution in [0.4, 0.5) is 5.69 Å². The van der Waals surface area contributed by atoms with Crippen molar-refractivity contribution in [2.24, 2.45) is 0 Å². The molecule has 0 spiro atoms. The molecule has 1 aliphatic rings. The molecular weight excluding hydrogens is 380 g/mol. The Kier molecular flexibility index (Phi) is 6.00. The highest BCUT2D eigenvalue weighted by Crippen LogP contribution is 2.46. The maximum atomic E-state index is 12.5. The Labute approximate surface area is 166 Å². The monoisotopic (exact) mass is 398 g/mol. The maximum absolute atomic E-state index is 12.5. The van der Waals surface area contributed by atoms with Crippen molar-refractivity contribution in [1.82, 2.24) is 5.32 Å². The number of anilines is 1.